The second kappa shape index (κ2) is 9.09. The molecule has 1 aliphatic heterocycles. The van der Waals surface area contributed by atoms with Crippen molar-refractivity contribution >= 4 is 22.5 Å². The van der Waals surface area contributed by atoms with E-state index in [0.29, 0.717) is 5.69 Å². The van der Waals surface area contributed by atoms with Gasteiger partial charge in [0, 0.05) is 50.2 Å². The number of pyridine rings is 1. The van der Waals surface area contributed by atoms with Crippen molar-refractivity contribution < 1.29 is 4.79 Å². The van der Waals surface area contributed by atoms with E-state index in [-0.39, 0.29) is 23.6 Å². The first kappa shape index (κ1) is 22.8. The Morgan fingerprint density at radius 1 is 1.00 bits per heavy atom. The van der Waals surface area contributed by atoms with Crippen molar-refractivity contribution in [2.24, 2.45) is 14.1 Å². The van der Waals surface area contributed by atoms with E-state index in [9.17, 15) is 9.59 Å². The van der Waals surface area contributed by atoms with E-state index in [1.54, 1.807) is 53.9 Å². The van der Waals surface area contributed by atoms with Crippen molar-refractivity contribution in [2.75, 3.05) is 11.4 Å². The van der Waals surface area contributed by atoms with E-state index in [2.05, 4.69) is 50.7 Å². The number of nitrogens with one attached hydrogen (secondary N) is 1. The fraction of sp³-hybridized carbons (Fsp3) is 0.214. The molecule has 9 heteroatoms. The number of carbonyl (C=O) groups is 1. The van der Waals surface area contributed by atoms with Gasteiger partial charge in [0.05, 0.1) is 29.5 Å². The van der Waals surface area contributed by atoms with Crippen LogP contribution in [0.4, 0.5) is 5.69 Å². The number of aromatic nitrogens is 5. The van der Waals surface area contributed by atoms with E-state index >= 15 is 0 Å². The molecule has 1 aliphatic rings. The molecule has 0 bridgehead atoms. The molecule has 1 N–H and O–H groups in total. The lowest BCUT2D eigenvalue weighted by atomic mass is 9.99. The van der Waals surface area contributed by atoms with Gasteiger partial charge in [-0.2, -0.15) is 10.2 Å². The van der Waals surface area contributed by atoms with Gasteiger partial charge in [-0.1, -0.05) is 30.3 Å². The Kier molecular flexibility index (Phi) is 5.60. The molecular formula is C28H27N7O2. The fourth-order valence-corrected chi connectivity index (χ4v) is 5.18. The Morgan fingerprint density at radius 3 is 2.57 bits per heavy atom. The largest absolute Gasteiger partial charge is 0.362 e. The standard InChI is InChI=1S/C28H27N7O2/c1-32-18-22(9-11-26(32)36)35-25-10-8-21(16-20(25)17-29-35)34-15-13-23(27(34)19-6-4-3-5-7-19)30-28(37)24-12-14-33(2)31-24/h3-12,14,16-18,23,27H,13,15H2,1-2H3,(H,30,37)/t23-,27?/m0/s1. The molecule has 9 nitrogen and oxygen atoms in total. The molecule has 1 saturated heterocycles. The van der Waals surface area contributed by atoms with Crippen molar-refractivity contribution in [2.45, 2.75) is 18.5 Å². The quantitative estimate of drug-likeness (QED) is 0.406. The first-order valence-corrected chi connectivity index (χ1v) is 12.2. The van der Waals surface area contributed by atoms with Gasteiger partial charge < -0.3 is 14.8 Å². The van der Waals surface area contributed by atoms with E-state index in [1.807, 2.05) is 29.1 Å². The van der Waals surface area contributed by atoms with Gasteiger partial charge in [0.25, 0.3) is 5.91 Å². The summed E-state index contributed by atoms with van der Waals surface area (Å²) in [4.78, 5) is 27.1. The predicted octanol–water partition coefficient (Wildman–Crippen LogP) is 3.21. The van der Waals surface area contributed by atoms with Crippen LogP contribution in [0.15, 0.2) is 90.1 Å². The highest BCUT2D eigenvalue weighted by Gasteiger charge is 2.37. The number of fused-ring (bicyclic) bond motifs is 1. The maximum atomic E-state index is 13.0. The molecule has 1 unspecified atom stereocenters. The lowest BCUT2D eigenvalue weighted by Gasteiger charge is -2.31. The van der Waals surface area contributed by atoms with Crippen molar-refractivity contribution in [3.63, 3.8) is 0 Å². The average Bonchev–Trinajstić information content (AvgIpc) is 3.64. The number of hydrogen-bond acceptors (Lipinski definition) is 5. The Bertz CT molecular complexity index is 1650. The van der Waals surface area contributed by atoms with Crippen LogP contribution in [-0.4, -0.2) is 42.6 Å². The van der Waals surface area contributed by atoms with Gasteiger partial charge in [-0.25, -0.2) is 4.68 Å². The van der Waals surface area contributed by atoms with Gasteiger partial charge in [-0.05, 0) is 42.3 Å². The lowest BCUT2D eigenvalue weighted by Crippen LogP contribution is -2.40. The number of carbonyl (C=O) groups excluding carboxylic acids is 1. The number of hydrogen-bond donors (Lipinski definition) is 1. The highest BCUT2D eigenvalue weighted by atomic mass is 16.2. The van der Waals surface area contributed by atoms with Crippen molar-refractivity contribution in [1.82, 2.24) is 29.4 Å². The maximum absolute atomic E-state index is 13.0. The third-order valence-electron chi connectivity index (χ3n) is 7.00. The smallest absolute Gasteiger partial charge is 0.272 e. The molecule has 0 spiro atoms. The SMILES string of the molecule is Cn1ccc(C(=O)N[C@H]2CCN(c3ccc4c(cnn4-c4ccc(=O)n(C)c4)c3)C2c2ccccc2)n1. The molecule has 0 saturated carbocycles. The molecule has 186 valence electrons. The molecule has 5 aromatic rings. The van der Waals surface area contributed by atoms with Crippen LogP contribution in [0.2, 0.25) is 0 Å². The second-order valence-corrected chi connectivity index (χ2v) is 9.43. The van der Waals surface area contributed by atoms with Crippen LogP contribution < -0.4 is 15.8 Å². The molecule has 2 atom stereocenters. The van der Waals surface area contributed by atoms with Gasteiger partial charge in [-0.15, -0.1) is 0 Å². The number of amides is 1. The van der Waals surface area contributed by atoms with Crippen LogP contribution >= 0.6 is 0 Å². The van der Waals surface area contributed by atoms with E-state index in [1.165, 1.54) is 0 Å². The summed E-state index contributed by atoms with van der Waals surface area (Å²) in [6.07, 6.45) is 6.21. The molecule has 0 aliphatic carbocycles. The molecule has 1 amide bonds. The van der Waals surface area contributed by atoms with Gasteiger partial charge in [0.2, 0.25) is 5.56 Å². The Labute approximate surface area is 213 Å². The summed E-state index contributed by atoms with van der Waals surface area (Å²) < 4.78 is 5.02. The van der Waals surface area contributed by atoms with E-state index < -0.39 is 0 Å². The normalized spacial score (nSPS) is 17.4. The van der Waals surface area contributed by atoms with Gasteiger partial charge in [-0.3, -0.25) is 14.3 Å². The summed E-state index contributed by atoms with van der Waals surface area (Å²) >= 11 is 0. The molecule has 37 heavy (non-hydrogen) atoms. The third-order valence-corrected chi connectivity index (χ3v) is 7.00. The minimum Gasteiger partial charge on any atom is -0.362 e. The van der Waals surface area contributed by atoms with Crippen molar-refractivity contribution in [3.05, 3.63) is 107 Å². The van der Waals surface area contributed by atoms with Crippen LogP contribution in [0.5, 0.6) is 0 Å². The average molecular weight is 494 g/mol. The Morgan fingerprint density at radius 2 is 1.81 bits per heavy atom. The minimum atomic E-state index is -0.164. The lowest BCUT2D eigenvalue weighted by molar-refractivity contribution is 0.0929. The van der Waals surface area contributed by atoms with Crippen LogP contribution in [0, 0.1) is 0 Å². The fourth-order valence-electron chi connectivity index (χ4n) is 5.18. The van der Waals surface area contributed by atoms with Crippen LogP contribution in [-0.2, 0) is 14.1 Å². The molecule has 1 fully saturated rings. The van der Waals surface area contributed by atoms with Gasteiger partial charge >= 0.3 is 0 Å². The number of benzene rings is 2. The summed E-state index contributed by atoms with van der Waals surface area (Å²) in [5.41, 5.74) is 4.35. The summed E-state index contributed by atoms with van der Waals surface area (Å²) in [5.74, 6) is -0.164. The zero-order chi connectivity index (χ0) is 25.5. The monoisotopic (exact) mass is 493 g/mol. The third kappa shape index (κ3) is 4.18. The summed E-state index contributed by atoms with van der Waals surface area (Å²) in [6, 6.07) is 21.6. The second-order valence-electron chi connectivity index (χ2n) is 9.43. The number of rotatable bonds is 5. The Hall–Kier alpha value is -4.66. The topological polar surface area (TPSA) is 90.0 Å². The summed E-state index contributed by atoms with van der Waals surface area (Å²) in [7, 11) is 3.54. The molecule has 4 heterocycles. The highest BCUT2D eigenvalue weighted by molar-refractivity contribution is 5.92. The Balaban J connectivity index is 1.33. The van der Waals surface area contributed by atoms with E-state index in [0.717, 1.165) is 40.8 Å². The first-order chi connectivity index (χ1) is 18.0. The number of aryl methyl sites for hydroxylation is 2. The summed E-state index contributed by atoms with van der Waals surface area (Å²) in [5, 5.41) is 13.1. The predicted molar refractivity (Wildman–Crippen MR) is 142 cm³/mol. The highest BCUT2D eigenvalue weighted by Crippen LogP contribution is 2.38. The molecule has 2 aromatic carbocycles. The van der Waals surface area contributed by atoms with Gasteiger partial charge in [0.1, 0.15) is 5.69 Å². The molecular weight excluding hydrogens is 466 g/mol. The van der Waals surface area contributed by atoms with Crippen LogP contribution in [0.3, 0.4) is 0 Å². The minimum absolute atomic E-state index is 0.0231. The first-order valence-electron chi connectivity index (χ1n) is 12.2. The molecule has 3 aromatic heterocycles. The molecule has 0 radical (unpaired) electrons. The molecule has 6 rings (SSSR count). The van der Waals surface area contributed by atoms with Crippen LogP contribution in [0.1, 0.15) is 28.5 Å². The number of anilines is 1. The van der Waals surface area contributed by atoms with Crippen molar-refractivity contribution in [3.8, 4) is 5.69 Å². The zero-order valence-corrected chi connectivity index (χ0v) is 20.7. The maximum Gasteiger partial charge on any atom is 0.272 e. The number of nitrogens with zero attached hydrogens (tertiary/aromatic N) is 6. The van der Waals surface area contributed by atoms with E-state index in [4.69, 9.17) is 0 Å². The zero-order valence-electron chi connectivity index (χ0n) is 20.7. The van der Waals surface area contributed by atoms with Crippen molar-refractivity contribution in [1.29, 1.82) is 0 Å². The summed E-state index contributed by atoms with van der Waals surface area (Å²) in [6.45, 7) is 0.799. The van der Waals surface area contributed by atoms with Gasteiger partial charge in [0.15, 0.2) is 0 Å². The van der Waals surface area contributed by atoms with Crippen LogP contribution in [0.25, 0.3) is 16.6 Å².